The number of nitrogens with one attached hydrogen (secondary N) is 4. The van der Waals surface area contributed by atoms with Crippen molar-refractivity contribution in [3.8, 4) is 0 Å². The van der Waals surface area contributed by atoms with E-state index in [9.17, 15) is 23.2 Å². The average Bonchev–Trinajstić information content (AvgIpc) is 3.53. The highest BCUT2D eigenvalue weighted by molar-refractivity contribution is 6.36. The van der Waals surface area contributed by atoms with E-state index in [4.69, 9.17) is 28.9 Å². The van der Waals surface area contributed by atoms with Gasteiger partial charge in [0.25, 0.3) is 0 Å². The van der Waals surface area contributed by atoms with Crippen LogP contribution in [0.3, 0.4) is 0 Å². The van der Waals surface area contributed by atoms with Gasteiger partial charge in [0.1, 0.15) is 12.1 Å². The zero-order valence-electron chi connectivity index (χ0n) is 28.8. The number of aromatic nitrogens is 1. The lowest BCUT2D eigenvalue weighted by molar-refractivity contribution is -0.130. The zero-order valence-corrected chi connectivity index (χ0v) is 30.4. The first-order valence-corrected chi connectivity index (χ1v) is 17.6. The van der Waals surface area contributed by atoms with Crippen LogP contribution in [0.15, 0.2) is 102 Å². The smallest absolute Gasteiger partial charge is 0.319 e. The first-order chi connectivity index (χ1) is 25.5. The van der Waals surface area contributed by atoms with Crippen LogP contribution in [-0.4, -0.2) is 46.9 Å². The molecule has 10 nitrogen and oxygen atoms in total. The Morgan fingerprint density at radius 3 is 2.30 bits per heavy atom. The molecule has 0 aliphatic carbocycles. The van der Waals surface area contributed by atoms with Gasteiger partial charge in [-0.2, -0.15) is 0 Å². The van der Waals surface area contributed by atoms with Crippen LogP contribution in [0.5, 0.6) is 0 Å². The number of anilines is 1. The van der Waals surface area contributed by atoms with Crippen molar-refractivity contribution in [1.29, 1.82) is 0 Å². The number of carbonyl (C=O) groups excluding carboxylic acids is 3. The lowest BCUT2D eigenvalue weighted by atomic mass is 10.0. The maximum absolute atomic E-state index is 14.2. The third-order valence-electron chi connectivity index (χ3n) is 8.42. The number of amidine groups is 1. The number of carbonyl (C=O) groups is 3. The van der Waals surface area contributed by atoms with E-state index >= 15 is 0 Å². The number of hydrogen-bond acceptors (Lipinski definition) is 4. The molecule has 0 spiro atoms. The SMILES string of the molecule is CC(N)=NCCC[C@H](NC(=O)[C@H](Cc1ccc(F)c(F)c1)NC(=O)Nc1ccc2ccn(Cc3c(Cl)cccc3Cl)c2c1)C(=O)NCc1ccccc1. The van der Waals surface area contributed by atoms with Gasteiger partial charge in [0, 0.05) is 47.0 Å². The first kappa shape index (κ1) is 38.8. The first-order valence-electron chi connectivity index (χ1n) is 16.9. The van der Waals surface area contributed by atoms with Crippen molar-refractivity contribution in [3.05, 3.63) is 136 Å². The van der Waals surface area contributed by atoms with Crippen molar-refractivity contribution in [2.45, 2.75) is 51.4 Å². The molecule has 14 heteroatoms. The molecular formula is C39H39Cl2F2N7O3. The van der Waals surface area contributed by atoms with Crippen molar-refractivity contribution in [2.75, 3.05) is 11.9 Å². The van der Waals surface area contributed by atoms with E-state index in [1.54, 1.807) is 37.3 Å². The fourth-order valence-corrected chi connectivity index (χ4v) is 6.21. The number of urea groups is 1. The van der Waals surface area contributed by atoms with Gasteiger partial charge in [0.15, 0.2) is 11.6 Å². The van der Waals surface area contributed by atoms with E-state index in [0.717, 1.165) is 34.2 Å². The summed E-state index contributed by atoms with van der Waals surface area (Å²) in [6.45, 7) is 2.59. The molecule has 53 heavy (non-hydrogen) atoms. The quantitative estimate of drug-likeness (QED) is 0.0447. The molecule has 1 heterocycles. The average molecular weight is 763 g/mol. The number of hydrogen-bond donors (Lipinski definition) is 5. The van der Waals surface area contributed by atoms with E-state index in [-0.39, 0.29) is 24.9 Å². The summed E-state index contributed by atoms with van der Waals surface area (Å²) in [4.78, 5) is 44.9. The predicted octanol–water partition coefficient (Wildman–Crippen LogP) is 6.97. The Morgan fingerprint density at radius 1 is 0.830 bits per heavy atom. The summed E-state index contributed by atoms with van der Waals surface area (Å²) in [5.74, 6) is -2.92. The summed E-state index contributed by atoms with van der Waals surface area (Å²) >= 11 is 12.8. The molecule has 0 unspecified atom stereocenters. The van der Waals surface area contributed by atoms with Gasteiger partial charge in [0.05, 0.1) is 17.9 Å². The maximum Gasteiger partial charge on any atom is 0.319 e. The molecular weight excluding hydrogens is 723 g/mol. The fourth-order valence-electron chi connectivity index (χ4n) is 5.69. The molecule has 0 bridgehead atoms. The summed E-state index contributed by atoms with van der Waals surface area (Å²) in [6, 6.07) is 22.0. The maximum atomic E-state index is 14.2. The van der Waals surface area contributed by atoms with Gasteiger partial charge in [-0.05, 0) is 78.7 Å². The Morgan fingerprint density at radius 2 is 1.58 bits per heavy atom. The van der Waals surface area contributed by atoms with Gasteiger partial charge in [-0.1, -0.05) is 71.7 Å². The number of halogens is 4. The minimum Gasteiger partial charge on any atom is -0.388 e. The largest absolute Gasteiger partial charge is 0.388 e. The topological polar surface area (TPSA) is 143 Å². The number of amides is 4. The molecule has 2 atom stereocenters. The molecule has 4 amide bonds. The van der Waals surface area contributed by atoms with Gasteiger partial charge in [-0.3, -0.25) is 14.6 Å². The highest BCUT2D eigenvalue weighted by Crippen LogP contribution is 2.28. The standard InChI is InChI=1S/C39H39Cl2F2N7O3/c1-24(44)45-17-6-11-34(37(51)46-22-25-7-3-2-4-8-25)48-38(52)35(20-26-12-15-32(42)33(43)19-26)49-39(53)47-28-14-13-27-16-18-50(36(27)21-28)23-29-30(40)9-5-10-31(29)41/h2-5,7-10,12-16,18-19,21,34-35H,6,11,17,20,22-23H2,1H3,(H2,44,45)(H,46,51)(H,48,52)(H2,47,49,53)/t34-,35-/m0/s1. The molecule has 0 aliphatic rings. The van der Waals surface area contributed by atoms with Crippen molar-refractivity contribution in [2.24, 2.45) is 10.7 Å². The van der Waals surface area contributed by atoms with Crippen molar-refractivity contribution >= 4 is 63.5 Å². The second-order valence-electron chi connectivity index (χ2n) is 12.5. The normalized spacial score (nSPS) is 12.6. The highest BCUT2D eigenvalue weighted by Gasteiger charge is 2.27. The van der Waals surface area contributed by atoms with Crippen LogP contribution in [0.1, 0.15) is 36.5 Å². The van der Waals surface area contributed by atoms with Crippen LogP contribution in [-0.2, 0) is 29.1 Å². The highest BCUT2D eigenvalue weighted by atomic mass is 35.5. The van der Waals surface area contributed by atoms with Crippen molar-refractivity contribution in [3.63, 3.8) is 0 Å². The Balaban J connectivity index is 1.34. The Labute approximate surface area is 315 Å². The number of fused-ring (bicyclic) bond motifs is 1. The summed E-state index contributed by atoms with van der Waals surface area (Å²) < 4.78 is 29.9. The molecule has 5 aromatic rings. The number of benzene rings is 4. The van der Waals surface area contributed by atoms with Gasteiger partial charge < -0.3 is 31.6 Å². The minimum absolute atomic E-state index is 0.202. The number of rotatable bonds is 15. The molecule has 0 radical (unpaired) electrons. The van der Waals surface area contributed by atoms with E-state index in [1.165, 1.54) is 6.07 Å². The van der Waals surface area contributed by atoms with Crippen LogP contribution in [0.25, 0.3) is 10.9 Å². The van der Waals surface area contributed by atoms with Crippen LogP contribution in [0.2, 0.25) is 10.0 Å². The third kappa shape index (κ3) is 11.0. The summed E-state index contributed by atoms with van der Waals surface area (Å²) in [5, 5.41) is 13.0. The second-order valence-corrected chi connectivity index (χ2v) is 13.3. The molecule has 0 aliphatic heterocycles. The van der Waals surface area contributed by atoms with Crippen LogP contribution in [0, 0.1) is 11.6 Å². The Bertz CT molecular complexity index is 2090. The predicted molar refractivity (Wildman–Crippen MR) is 205 cm³/mol. The van der Waals surface area contributed by atoms with E-state index in [1.807, 2.05) is 53.2 Å². The zero-order chi connectivity index (χ0) is 37.9. The number of aliphatic imine (C=N–C) groups is 1. The number of nitrogens with zero attached hydrogens (tertiary/aromatic N) is 2. The van der Waals surface area contributed by atoms with Gasteiger partial charge >= 0.3 is 6.03 Å². The summed E-state index contributed by atoms with van der Waals surface area (Å²) in [5.41, 5.74) is 8.72. The molecule has 276 valence electrons. The lowest BCUT2D eigenvalue weighted by Crippen LogP contribution is -2.55. The van der Waals surface area contributed by atoms with Crippen LogP contribution >= 0.6 is 23.2 Å². The fraction of sp³-hybridized carbons (Fsp3) is 0.231. The molecule has 0 fully saturated rings. The third-order valence-corrected chi connectivity index (χ3v) is 9.13. The van der Waals surface area contributed by atoms with Gasteiger partial charge in [-0.25, -0.2) is 13.6 Å². The van der Waals surface area contributed by atoms with E-state index < -0.39 is 41.6 Å². The monoisotopic (exact) mass is 761 g/mol. The van der Waals surface area contributed by atoms with Crippen LogP contribution in [0.4, 0.5) is 19.3 Å². The Kier molecular flexibility index (Phi) is 13.4. The molecule has 1 aromatic heterocycles. The van der Waals surface area contributed by atoms with E-state index in [2.05, 4.69) is 26.3 Å². The molecule has 0 saturated heterocycles. The lowest BCUT2D eigenvalue weighted by Gasteiger charge is -2.23. The van der Waals surface area contributed by atoms with Crippen molar-refractivity contribution in [1.82, 2.24) is 20.5 Å². The van der Waals surface area contributed by atoms with Gasteiger partial charge in [-0.15, -0.1) is 0 Å². The second kappa shape index (κ2) is 18.3. The summed E-state index contributed by atoms with van der Waals surface area (Å²) in [6.07, 6.45) is 2.32. The number of nitrogens with two attached hydrogens (primary N) is 1. The molecule has 4 aromatic carbocycles. The molecule has 0 saturated carbocycles. The minimum atomic E-state index is -1.29. The van der Waals surface area contributed by atoms with Gasteiger partial charge in [0.2, 0.25) is 11.8 Å². The molecule has 5 rings (SSSR count). The Hall–Kier alpha value is -5.46. The van der Waals surface area contributed by atoms with Crippen LogP contribution < -0.4 is 27.0 Å². The van der Waals surface area contributed by atoms with E-state index in [0.29, 0.717) is 41.1 Å². The van der Waals surface area contributed by atoms with Crippen molar-refractivity contribution < 1.29 is 23.2 Å². The molecule has 6 N–H and O–H groups in total. The summed E-state index contributed by atoms with van der Waals surface area (Å²) in [7, 11) is 0.